The summed E-state index contributed by atoms with van der Waals surface area (Å²) in [4.78, 5) is 27.7. The molecular weight excluding hydrogens is 406 g/mol. The smallest absolute Gasteiger partial charge is 0.282 e. The Morgan fingerprint density at radius 1 is 0.967 bits per heavy atom. The second-order valence-corrected chi connectivity index (χ2v) is 10.2. The number of hydrogen-bond acceptors (Lipinski definition) is 7. The van der Waals surface area contributed by atoms with Gasteiger partial charge in [0.2, 0.25) is 5.91 Å². The van der Waals surface area contributed by atoms with Crippen molar-refractivity contribution >= 4 is 21.9 Å². The molecule has 1 atom stereocenters. The van der Waals surface area contributed by atoms with Crippen LogP contribution in [0.3, 0.4) is 0 Å². The Kier molecular flexibility index (Phi) is 6.51. The number of aromatic nitrogens is 2. The number of amides is 1. The van der Waals surface area contributed by atoms with E-state index >= 15 is 0 Å². The van der Waals surface area contributed by atoms with Gasteiger partial charge in [0.15, 0.2) is 0 Å². The second kappa shape index (κ2) is 9.13. The van der Waals surface area contributed by atoms with Crippen LogP contribution in [0.2, 0.25) is 0 Å². The lowest BCUT2D eigenvalue weighted by atomic mass is 9.96. The normalized spacial score (nSPS) is 25.4. The van der Waals surface area contributed by atoms with E-state index in [-0.39, 0.29) is 11.8 Å². The fraction of sp³-hybridized carbons (Fsp3) is 0.737. The van der Waals surface area contributed by atoms with Crippen LogP contribution in [-0.4, -0.2) is 115 Å². The zero-order valence-electron chi connectivity index (χ0n) is 17.6. The fourth-order valence-electron chi connectivity index (χ4n) is 4.42. The maximum atomic E-state index is 13.1. The minimum absolute atomic E-state index is 0.0819. The lowest BCUT2D eigenvalue weighted by Crippen LogP contribution is -2.58. The summed E-state index contributed by atoms with van der Waals surface area (Å²) in [6.45, 7) is 5.69. The predicted molar refractivity (Wildman–Crippen MR) is 113 cm³/mol. The molecule has 0 radical (unpaired) electrons. The summed E-state index contributed by atoms with van der Waals surface area (Å²) in [6, 6.07) is 0. The van der Waals surface area contributed by atoms with E-state index in [0.717, 1.165) is 38.3 Å². The molecule has 1 amide bonds. The van der Waals surface area contributed by atoms with Gasteiger partial charge in [-0.2, -0.15) is 17.0 Å². The van der Waals surface area contributed by atoms with Crippen LogP contribution >= 0.6 is 0 Å². The number of carbonyl (C=O) groups excluding carboxylic acids is 1. The van der Waals surface area contributed by atoms with E-state index in [1.165, 1.54) is 4.31 Å². The van der Waals surface area contributed by atoms with Gasteiger partial charge in [0, 0.05) is 77.8 Å². The summed E-state index contributed by atoms with van der Waals surface area (Å²) in [5.41, 5.74) is 0. The molecule has 0 bridgehead atoms. The third kappa shape index (κ3) is 4.58. The standard InChI is InChI=1S/C19H31N7O3S/c1-22-7-11-25(12-8-22)30(28,29)26-13-9-23(10-14-26)19(27)17-3-2-6-24(16-17)18-15-20-4-5-21-18/h4-5,15,17H,2-3,6-14,16H2,1H3. The first-order valence-electron chi connectivity index (χ1n) is 10.7. The number of rotatable bonds is 4. The molecule has 0 aromatic carbocycles. The minimum Gasteiger partial charge on any atom is -0.355 e. The highest BCUT2D eigenvalue weighted by molar-refractivity contribution is 7.86. The zero-order valence-corrected chi connectivity index (χ0v) is 18.4. The van der Waals surface area contributed by atoms with Crippen LogP contribution in [0.4, 0.5) is 5.82 Å². The molecule has 0 aliphatic carbocycles. The van der Waals surface area contributed by atoms with Gasteiger partial charge in [-0.3, -0.25) is 9.78 Å². The number of piperazine rings is 2. The molecular formula is C19H31N7O3S. The highest BCUT2D eigenvalue weighted by Crippen LogP contribution is 2.23. The molecule has 0 N–H and O–H groups in total. The van der Waals surface area contributed by atoms with Gasteiger partial charge in [0.25, 0.3) is 10.2 Å². The van der Waals surface area contributed by atoms with Crippen molar-refractivity contribution in [2.24, 2.45) is 5.92 Å². The van der Waals surface area contributed by atoms with E-state index in [1.807, 2.05) is 11.9 Å². The van der Waals surface area contributed by atoms with Crippen LogP contribution in [0.15, 0.2) is 18.6 Å². The molecule has 30 heavy (non-hydrogen) atoms. The molecule has 0 saturated carbocycles. The van der Waals surface area contributed by atoms with Crippen molar-refractivity contribution in [3.8, 4) is 0 Å². The second-order valence-electron chi connectivity index (χ2n) is 8.28. The Balaban J connectivity index is 1.32. The molecule has 3 aliphatic rings. The van der Waals surface area contributed by atoms with E-state index in [1.54, 1.807) is 22.9 Å². The van der Waals surface area contributed by atoms with Crippen molar-refractivity contribution in [3.05, 3.63) is 18.6 Å². The van der Waals surface area contributed by atoms with Gasteiger partial charge in [0.1, 0.15) is 5.82 Å². The molecule has 10 nitrogen and oxygen atoms in total. The summed E-state index contributed by atoms with van der Waals surface area (Å²) in [5.74, 6) is 0.847. The highest BCUT2D eigenvalue weighted by Gasteiger charge is 2.36. The van der Waals surface area contributed by atoms with Crippen molar-refractivity contribution in [3.63, 3.8) is 0 Å². The molecule has 3 fully saturated rings. The fourth-order valence-corrected chi connectivity index (χ4v) is 6.00. The average Bonchev–Trinajstić information content (AvgIpc) is 2.79. The van der Waals surface area contributed by atoms with Crippen LogP contribution < -0.4 is 4.90 Å². The third-order valence-corrected chi connectivity index (χ3v) is 8.34. The van der Waals surface area contributed by atoms with Crippen molar-refractivity contribution in [2.75, 3.05) is 77.4 Å². The summed E-state index contributed by atoms with van der Waals surface area (Å²) in [5, 5.41) is 0. The number of nitrogens with zero attached hydrogens (tertiary/aromatic N) is 7. The number of piperidine rings is 1. The van der Waals surface area contributed by atoms with Crippen LogP contribution in [0.5, 0.6) is 0 Å². The van der Waals surface area contributed by atoms with Gasteiger partial charge < -0.3 is 14.7 Å². The van der Waals surface area contributed by atoms with Crippen molar-refractivity contribution < 1.29 is 13.2 Å². The number of likely N-dealkylation sites (N-methyl/N-ethyl adjacent to an activating group) is 1. The maximum absolute atomic E-state index is 13.1. The van der Waals surface area contributed by atoms with Crippen LogP contribution in [0, 0.1) is 5.92 Å². The number of carbonyl (C=O) groups is 1. The molecule has 166 valence electrons. The van der Waals surface area contributed by atoms with E-state index in [0.29, 0.717) is 45.8 Å². The Morgan fingerprint density at radius 2 is 1.63 bits per heavy atom. The van der Waals surface area contributed by atoms with Gasteiger partial charge in [-0.05, 0) is 19.9 Å². The molecule has 1 unspecified atom stereocenters. The van der Waals surface area contributed by atoms with Crippen LogP contribution in [0.1, 0.15) is 12.8 Å². The molecule has 0 spiro atoms. The molecule has 4 rings (SSSR count). The van der Waals surface area contributed by atoms with Gasteiger partial charge in [-0.1, -0.05) is 0 Å². The lowest BCUT2D eigenvalue weighted by molar-refractivity contribution is -0.137. The number of anilines is 1. The Bertz CT molecular complexity index is 822. The summed E-state index contributed by atoms with van der Waals surface area (Å²) < 4.78 is 29.0. The quantitative estimate of drug-likeness (QED) is 0.617. The maximum Gasteiger partial charge on any atom is 0.282 e. The Labute approximate surface area is 178 Å². The molecule has 3 aliphatic heterocycles. The molecule has 3 saturated heterocycles. The largest absolute Gasteiger partial charge is 0.355 e. The van der Waals surface area contributed by atoms with Crippen molar-refractivity contribution in [1.82, 2.24) is 28.4 Å². The van der Waals surface area contributed by atoms with Gasteiger partial charge in [-0.25, -0.2) is 4.98 Å². The first-order chi connectivity index (χ1) is 14.4. The Hall–Kier alpha value is -1.82. The predicted octanol–water partition coefficient (Wildman–Crippen LogP) is -0.671. The number of hydrogen-bond donors (Lipinski definition) is 0. The molecule has 4 heterocycles. The Morgan fingerprint density at radius 3 is 2.27 bits per heavy atom. The van der Waals surface area contributed by atoms with Crippen molar-refractivity contribution in [1.29, 1.82) is 0 Å². The summed E-state index contributed by atoms with van der Waals surface area (Å²) in [7, 11) is -1.44. The monoisotopic (exact) mass is 437 g/mol. The third-order valence-electron chi connectivity index (χ3n) is 6.31. The van der Waals surface area contributed by atoms with Gasteiger partial charge in [-0.15, -0.1) is 0 Å². The first-order valence-corrected chi connectivity index (χ1v) is 12.1. The summed E-state index contributed by atoms with van der Waals surface area (Å²) in [6.07, 6.45) is 6.83. The lowest BCUT2D eigenvalue weighted by Gasteiger charge is -2.41. The van der Waals surface area contributed by atoms with Crippen molar-refractivity contribution in [2.45, 2.75) is 12.8 Å². The topological polar surface area (TPSA) is 93.2 Å². The zero-order chi connectivity index (χ0) is 21.1. The van der Waals surface area contributed by atoms with Gasteiger partial charge >= 0.3 is 0 Å². The molecule has 1 aromatic rings. The van der Waals surface area contributed by atoms with E-state index in [4.69, 9.17) is 0 Å². The first kappa shape index (κ1) is 21.4. The molecule has 11 heteroatoms. The van der Waals surface area contributed by atoms with E-state index < -0.39 is 10.2 Å². The van der Waals surface area contributed by atoms with E-state index in [2.05, 4.69) is 19.8 Å². The highest BCUT2D eigenvalue weighted by atomic mass is 32.2. The molecule has 1 aromatic heterocycles. The van der Waals surface area contributed by atoms with Crippen LogP contribution in [-0.2, 0) is 15.0 Å². The van der Waals surface area contributed by atoms with Gasteiger partial charge in [0.05, 0.1) is 12.1 Å². The van der Waals surface area contributed by atoms with Crippen LogP contribution in [0.25, 0.3) is 0 Å². The minimum atomic E-state index is -3.45. The van der Waals surface area contributed by atoms with E-state index in [9.17, 15) is 13.2 Å². The average molecular weight is 438 g/mol. The summed E-state index contributed by atoms with van der Waals surface area (Å²) >= 11 is 0. The SMILES string of the molecule is CN1CCN(S(=O)(=O)N2CCN(C(=O)C3CCCN(c4cnccn4)C3)CC2)CC1.